The van der Waals surface area contributed by atoms with E-state index in [9.17, 15) is 14.4 Å². The summed E-state index contributed by atoms with van der Waals surface area (Å²) in [6.07, 6.45) is -1.34. The van der Waals surface area contributed by atoms with E-state index in [4.69, 9.17) is 4.99 Å². The van der Waals surface area contributed by atoms with Crippen LogP contribution >= 0.6 is 0 Å². The van der Waals surface area contributed by atoms with Crippen LogP contribution in [-0.2, 0) is 9.59 Å². The van der Waals surface area contributed by atoms with Gasteiger partial charge in [0.1, 0.15) is 6.54 Å². The highest BCUT2D eigenvalue weighted by Gasteiger charge is 2.34. The molecule has 1 aliphatic rings. The van der Waals surface area contributed by atoms with Gasteiger partial charge in [-0.25, -0.2) is 14.9 Å². The molecule has 0 radical (unpaired) electrons. The number of aliphatic imine (C=N–C) groups is 1. The molecule has 12 heteroatoms. The number of carbonyl (C=O) groups is 3. The van der Waals surface area contributed by atoms with Crippen LogP contribution in [0.3, 0.4) is 0 Å². The molecule has 12 nitrogen and oxygen atoms in total. The number of para-hydroxylation sites is 2. The summed E-state index contributed by atoms with van der Waals surface area (Å²) in [6, 6.07) is 32.1. The summed E-state index contributed by atoms with van der Waals surface area (Å²) in [5.41, 5.74) is 4.21. The molecule has 1 atom stereocenters. The van der Waals surface area contributed by atoms with Crippen molar-refractivity contribution in [1.82, 2.24) is 25.9 Å². The molecule has 1 unspecified atom stereocenters. The van der Waals surface area contributed by atoms with Crippen molar-refractivity contribution in [2.24, 2.45) is 4.99 Å². The molecule has 0 aliphatic carbocycles. The maximum absolute atomic E-state index is 14.2. The fourth-order valence-corrected chi connectivity index (χ4v) is 4.87. The molecule has 3 N–H and O–H groups in total. The minimum atomic E-state index is -1.34. The number of tetrazole rings is 1. The lowest BCUT2D eigenvalue weighted by molar-refractivity contribution is -0.123. The van der Waals surface area contributed by atoms with Crippen molar-refractivity contribution in [2.75, 3.05) is 28.7 Å². The summed E-state index contributed by atoms with van der Waals surface area (Å²) in [5.74, 6) is -0.442. The summed E-state index contributed by atoms with van der Waals surface area (Å²) >= 11 is 0. The molecular formula is C32H27N9O3. The SMILES string of the molecule is CN(C(=O)CN1C(=O)C(NC(=O)Nc2cccc(-c3nnn[nH]3)c2)N=C(c2ccccc2)c2ccccc21)c1ccccc1. The van der Waals surface area contributed by atoms with Gasteiger partial charge in [-0.05, 0) is 40.8 Å². The van der Waals surface area contributed by atoms with Crippen LogP contribution in [0.2, 0.25) is 0 Å². The molecular weight excluding hydrogens is 558 g/mol. The number of likely N-dealkylation sites (N-methyl/N-ethyl adjacent to an activating group) is 1. The summed E-state index contributed by atoms with van der Waals surface area (Å²) in [4.78, 5) is 48.6. The first kappa shape index (κ1) is 28.0. The molecule has 44 heavy (non-hydrogen) atoms. The number of nitrogens with zero attached hydrogens (tertiary/aromatic N) is 6. The Hall–Kier alpha value is -6.17. The molecule has 1 aromatic heterocycles. The number of fused-ring (bicyclic) bond motifs is 1. The van der Waals surface area contributed by atoms with Gasteiger partial charge in [-0.3, -0.25) is 14.5 Å². The second-order valence-corrected chi connectivity index (χ2v) is 9.91. The van der Waals surface area contributed by atoms with Crippen LogP contribution in [0.25, 0.3) is 11.4 Å². The van der Waals surface area contributed by atoms with E-state index in [2.05, 4.69) is 31.3 Å². The molecule has 0 saturated carbocycles. The van der Waals surface area contributed by atoms with E-state index in [1.807, 2.05) is 72.8 Å². The fourth-order valence-electron chi connectivity index (χ4n) is 4.87. The number of benzodiazepines with no additional fused rings is 1. The number of hydrogen-bond donors (Lipinski definition) is 3. The van der Waals surface area contributed by atoms with E-state index in [1.165, 1.54) is 9.80 Å². The van der Waals surface area contributed by atoms with E-state index in [1.54, 1.807) is 43.4 Å². The Kier molecular flexibility index (Phi) is 7.86. The molecule has 6 rings (SSSR count). The van der Waals surface area contributed by atoms with Crippen LogP contribution in [0.15, 0.2) is 114 Å². The molecule has 0 saturated heterocycles. The van der Waals surface area contributed by atoms with E-state index in [-0.39, 0.29) is 12.5 Å². The van der Waals surface area contributed by atoms with Gasteiger partial charge < -0.3 is 15.5 Å². The minimum absolute atomic E-state index is 0.272. The number of rotatable bonds is 7. The van der Waals surface area contributed by atoms with Crippen LogP contribution in [0.4, 0.5) is 21.9 Å². The van der Waals surface area contributed by atoms with Gasteiger partial charge in [-0.2, -0.15) is 0 Å². The number of H-pyrrole nitrogens is 1. The van der Waals surface area contributed by atoms with Crippen molar-refractivity contribution in [3.63, 3.8) is 0 Å². The van der Waals surface area contributed by atoms with Crippen LogP contribution in [-0.4, -0.2) is 63.9 Å². The third kappa shape index (κ3) is 5.90. The van der Waals surface area contributed by atoms with E-state index < -0.39 is 18.1 Å². The van der Waals surface area contributed by atoms with E-state index in [0.717, 1.165) is 5.56 Å². The Labute approximate surface area is 252 Å². The number of urea groups is 1. The van der Waals surface area contributed by atoms with Gasteiger partial charge in [-0.1, -0.05) is 78.9 Å². The number of anilines is 3. The predicted molar refractivity (Wildman–Crippen MR) is 166 cm³/mol. The standard InChI is InChI=1S/C32H27N9O3/c1-40(24-15-6-3-7-16-24)27(42)20-41-26-18-9-8-17-25(26)28(21-11-4-2-5-12-21)34-30(31(41)43)35-32(44)33-23-14-10-13-22(19-23)29-36-38-39-37-29/h2-19,30H,20H2,1H3,(H2,33,35,44)(H,36,37,38,39). The van der Waals surface area contributed by atoms with Gasteiger partial charge in [0.15, 0.2) is 5.82 Å². The Morgan fingerprint density at radius 1 is 0.886 bits per heavy atom. The summed E-state index contributed by atoms with van der Waals surface area (Å²) in [7, 11) is 1.66. The third-order valence-electron chi connectivity index (χ3n) is 7.07. The Morgan fingerprint density at radius 3 is 2.34 bits per heavy atom. The summed E-state index contributed by atoms with van der Waals surface area (Å²) < 4.78 is 0. The number of carbonyl (C=O) groups excluding carboxylic acids is 3. The van der Waals surface area contributed by atoms with Crippen LogP contribution < -0.4 is 20.4 Å². The van der Waals surface area contributed by atoms with Gasteiger partial charge in [0, 0.05) is 35.1 Å². The Morgan fingerprint density at radius 2 is 1.59 bits per heavy atom. The molecule has 4 aromatic carbocycles. The van der Waals surface area contributed by atoms with Gasteiger partial charge >= 0.3 is 6.03 Å². The quantitative estimate of drug-likeness (QED) is 0.264. The topological polar surface area (TPSA) is 149 Å². The van der Waals surface area contributed by atoms with Crippen LogP contribution in [0, 0.1) is 0 Å². The minimum Gasteiger partial charge on any atom is -0.314 e. The van der Waals surface area contributed by atoms with Crippen molar-refractivity contribution in [3.05, 3.63) is 120 Å². The van der Waals surface area contributed by atoms with Gasteiger partial charge in [-0.15, -0.1) is 5.10 Å². The smallest absolute Gasteiger partial charge is 0.314 e. The first-order chi connectivity index (χ1) is 21.5. The lowest BCUT2D eigenvalue weighted by Gasteiger charge is -2.27. The van der Waals surface area contributed by atoms with E-state index >= 15 is 0 Å². The van der Waals surface area contributed by atoms with Crippen LogP contribution in [0.5, 0.6) is 0 Å². The molecule has 0 bridgehead atoms. The predicted octanol–water partition coefficient (Wildman–Crippen LogP) is 3.86. The molecule has 1 aliphatic heterocycles. The zero-order chi connectivity index (χ0) is 30.5. The number of benzene rings is 4. The highest BCUT2D eigenvalue weighted by molar-refractivity contribution is 6.21. The maximum Gasteiger partial charge on any atom is 0.321 e. The van der Waals surface area contributed by atoms with Gasteiger partial charge in [0.05, 0.1) is 11.4 Å². The zero-order valence-corrected chi connectivity index (χ0v) is 23.6. The molecule has 4 amide bonds. The average Bonchev–Trinajstić information content (AvgIpc) is 3.58. The van der Waals surface area contributed by atoms with Crippen molar-refractivity contribution in [2.45, 2.75) is 6.17 Å². The summed E-state index contributed by atoms with van der Waals surface area (Å²) in [5, 5.41) is 19.2. The van der Waals surface area contributed by atoms with Crippen LogP contribution in [0.1, 0.15) is 11.1 Å². The second-order valence-electron chi connectivity index (χ2n) is 9.91. The number of nitrogens with one attached hydrogen (secondary N) is 3. The average molecular weight is 586 g/mol. The number of aromatic nitrogens is 4. The molecule has 5 aromatic rings. The molecule has 0 spiro atoms. The lowest BCUT2D eigenvalue weighted by atomic mass is 10.0. The monoisotopic (exact) mass is 585 g/mol. The highest BCUT2D eigenvalue weighted by Crippen LogP contribution is 2.29. The first-order valence-electron chi connectivity index (χ1n) is 13.8. The molecule has 218 valence electrons. The van der Waals surface area contributed by atoms with Crippen molar-refractivity contribution in [3.8, 4) is 11.4 Å². The molecule has 0 fully saturated rings. The number of aromatic amines is 1. The fraction of sp³-hybridized carbons (Fsp3) is 0.0938. The van der Waals surface area contributed by atoms with Gasteiger partial charge in [0.25, 0.3) is 5.91 Å². The van der Waals surface area contributed by atoms with Crippen molar-refractivity contribution >= 4 is 40.6 Å². The van der Waals surface area contributed by atoms with Crippen molar-refractivity contribution in [1.29, 1.82) is 0 Å². The largest absolute Gasteiger partial charge is 0.321 e. The van der Waals surface area contributed by atoms with Gasteiger partial charge in [0.2, 0.25) is 12.1 Å². The van der Waals surface area contributed by atoms with E-state index in [0.29, 0.717) is 39.7 Å². The highest BCUT2D eigenvalue weighted by atomic mass is 16.2. The summed E-state index contributed by atoms with van der Waals surface area (Å²) in [6.45, 7) is -0.272. The maximum atomic E-state index is 14.2. The lowest BCUT2D eigenvalue weighted by Crippen LogP contribution is -2.51. The van der Waals surface area contributed by atoms with Crippen molar-refractivity contribution < 1.29 is 14.4 Å². The zero-order valence-electron chi connectivity index (χ0n) is 23.6. The normalized spacial score (nSPS) is 14.2. The second kappa shape index (κ2) is 12.4. The third-order valence-corrected chi connectivity index (χ3v) is 7.07. The first-order valence-corrected chi connectivity index (χ1v) is 13.8. The Bertz CT molecular complexity index is 1830. The number of amides is 4. The number of hydrogen-bond acceptors (Lipinski definition) is 7. The Balaban J connectivity index is 1.33. The molecule has 2 heterocycles.